The molecule has 0 aliphatic carbocycles. The Balaban J connectivity index is 1.16. The molecule has 2 heteroatoms. The minimum absolute atomic E-state index is 1.08. The Kier molecular flexibility index (Phi) is 8.87. The SMILES string of the molecule is c1ccc(-c2ccc(-c3ccccc3N(c3ccc(-c4cccc5ccccc45)c(-c4ccccc4)c3)c3ccc4c5ccccc5n(-c5ccccc5)c4c3)cc2)cc1. The number of hydrogen-bond acceptors (Lipinski definition) is 1. The Bertz CT molecular complexity index is 3290. The van der Waals surface area contributed by atoms with Crippen molar-refractivity contribution >= 4 is 49.6 Å². The lowest BCUT2D eigenvalue weighted by Crippen LogP contribution is -2.12. The average molecular weight is 765 g/mol. The smallest absolute Gasteiger partial charge is 0.0561 e. The highest BCUT2D eigenvalue weighted by Crippen LogP contribution is 2.46. The van der Waals surface area contributed by atoms with E-state index in [9.17, 15) is 0 Å². The summed E-state index contributed by atoms with van der Waals surface area (Å²) in [6.45, 7) is 0. The first kappa shape index (κ1) is 35.2. The molecule has 60 heavy (non-hydrogen) atoms. The summed E-state index contributed by atoms with van der Waals surface area (Å²) in [5, 5.41) is 4.93. The van der Waals surface area contributed by atoms with Crippen molar-refractivity contribution < 1.29 is 0 Å². The third-order valence-corrected chi connectivity index (χ3v) is 11.8. The van der Waals surface area contributed by atoms with Gasteiger partial charge in [0.05, 0.1) is 16.7 Å². The van der Waals surface area contributed by atoms with Crippen molar-refractivity contribution in [3.8, 4) is 50.2 Å². The quantitative estimate of drug-likeness (QED) is 0.150. The fraction of sp³-hybridized carbons (Fsp3) is 0. The van der Waals surface area contributed by atoms with Gasteiger partial charge in [-0.1, -0.05) is 194 Å². The van der Waals surface area contributed by atoms with Crippen LogP contribution in [0.3, 0.4) is 0 Å². The van der Waals surface area contributed by atoms with Crippen LogP contribution in [0.5, 0.6) is 0 Å². The van der Waals surface area contributed by atoms with Crippen LogP contribution in [0.25, 0.3) is 82.8 Å². The van der Waals surface area contributed by atoms with Gasteiger partial charge in [0.1, 0.15) is 0 Å². The van der Waals surface area contributed by atoms with Gasteiger partial charge in [0, 0.05) is 33.4 Å². The summed E-state index contributed by atoms with van der Waals surface area (Å²) in [5.74, 6) is 0. The zero-order valence-corrected chi connectivity index (χ0v) is 33.0. The minimum atomic E-state index is 1.08. The predicted molar refractivity (Wildman–Crippen MR) is 255 cm³/mol. The second-order valence-electron chi connectivity index (χ2n) is 15.3. The van der Waals surface area contributed by atoms with Crippen molar-refractivity contribution in [3.05, 3.63) is 243 Å². The highest BCUT2D eigenvalue weighted by molar-refractivity contribution is 6.11. The van der Waals surface area contributed by atoms with Crippen LogP contribution < -0.4 is 4.90 Å². The summed E-state index contributed by atoms with van der Waals surface area (Å²) in [4.78, 5) is 2.45. The van der Waals surface area contributed by atoms with E-state index in [1.165, 1.54) is 60.4 Å². The van der Waals surface area contributed by atoms with Gasteiger partial charge in [-0.15, -0.1) is 0 Å². The number of benzene rings is 10. The molecule has 282 valence electrons. The van der Waals surface area contributed by atoms with Crippen molar-refractivity contribution in [3.63, 3.8) is 0 Å². The minimum Gasteiger partial charge on any atom is -0.310 e. The molecule has 0 fully saturated rings. The summed E-state index contributed by atoms with van der Waals surface area (Å²) in [5.41, 5.74) is 16.2. The van der Waals surface area contributed by atoms with Crippen molar-refractivity contribution in [2.75, 3.05) is 4.90 Å². The van der Waals surface area contributed by atoms with Crippen LogP contribution in [-0.2, 0) is 0 Å². The van der Waals surface area contributed by atoms with Crippen molar-refractivity contribution in [2.45, 2.75) is 0 Å². The van der Waals surface area contributed by atoms with Crippen molar-refractivity contribution in [1.29, 1.82) is 0 Å². The highest BCUT2D eigenvalue weighted by atomic mass is 15.1. The Morgan fingerprint density at radius 3 is 1.62 bits per heavy atom. The molecule has 0 saturated carbocycles. The molecule has 0 amide bonds. The summed E-state index contributed by atoms with van der Waals surface area (Å²) < 4.78 is 2.40. The summed E-state index contributed by atoms with van der Waals surface area (Å²) in [6, 6.07) is 88.0. The topological polar surface area (TPSA) is 8.17 Å². The van der Waals surface area contributed by atoms with E-state index in [-0.39, 0.29) is 0 Å². The molecule has 0 spiro atoms. The van der Waals surface area contributed by atoms with Crippen LogP contribution in [-0.4, -0.2) is 4.57 Å². The lowest BCUT2D eigenvalue weighted by Gasteiger charge is -2.29. The molecule has 0 saturated heterocycles. The Labute approximate surface area is 350 Å². The normalized spacial score (nSPS) is 11.3. The third-order valence-electron chi connectivity index (χ3n) is 11.8. The maximum atomic E-state index is 2.45. The number of anilines is 3. The number of hydrogen-bond donors (Lipinski definition) is 0. The van der Waals surface area contributed by atoms with E-state index in [1.807, 2.05) is 0 Å². The predicted octanol–water partition coefficient (Wildman–Crippen LogP) is 16.1. The van der Waals surface area contributed by atoms with Gasteiger partial charge in [-0.3, -0.25) is 0 Å². The summed E-state index contributed by atoms with van der Waals surface area (Å²) in [6.07, 6.45) is 0. The standard InChI is InChI=1S/C58H40N2/c1-4-17-41(18-5-1)42-31-33-45(34-32-42)50-26-12-14-29-56(50)59(48-36-38-54-53-27-13-15-30-57(53)60(58(54)40-48)46-23-8-3-9-24-46)47-35-37-52(55(39-47)44-19-6-2-7-20-44)51-28-16-22-43-21-10-11-25-49(43)51/h1-40H. The zero-order chi connectivity index (χ0) is 39.8. The molecule has 11 aromatic rings. The second kappa shape index (κ2) is 15.1. The van der Waals surface area contributed by atoms with E-state index in [2.05, 4.69) is 252 Å². The molecule has 1 aromatic heterocycles. The van der Waals surface area contributed by atoms with Crippen molar-refractivity contribution in [2.24, 2.45) is 0 Å². The van der Waals surface area contributed by atoms with Crippen LogP contribution in [0, 0.1) is 0 Å². The van der Waals surface area contributed by atoms with Gasteiger partial charge >= 0.3 is 0 Å². The van der Waals surface area contributed by atoms with E-state index < -0.39 is 0 Å². The summed E-state index contributed by atoms with van der Waals surface area (Å²) >= 11 is 0. The molecule has 11 rings (SSSR count). The number of rotatable bonds is 8. The maximum Gasteiger partial charge on any atom is 0.0561 e. The molecule has 2 nitrogen and oxygen atoms in total. The molecular weight excluding hydrogens is 725 g/mol. The molecule has 0 aliphatic heterocycles. The van der Waals surface area contributed by atoms with Crippen LogP contribution in [0.15, 0.2) is 243 Å². The maximum absolute atomic E-state index is 2.45. The molecular formula is C58H40N2. The van der Waals surface area contributed by atoms with Gasteiger partial charge in [-0.2, -0.15) is 0 Å². The zero-order valence-electron chi connectivity index (χ0n) is 33.0. The van der Waals surface area contributed by atoms with E-state index in [0.717, 1.165) is 39.4 Å². The third kappa shape index (κ3) is 6.23. The van der Waals surface area contributed by atoms with Gasteiger partial charge in [0.25, 0.3) is 0 Å². The fourth-order valence-corrected chi connectivity index (χ4v) is 8.99. The lowest BCUT2D eigenvalue weighted by molar-refractivity contribution is 1.18. The molecule has 0 unspecified atom stereocenters. The molecule has 0 atom stereocenters. The van der Waals surface area contributed by atoms with E-state index >= 15 is 0 Å². The van der Waals surface area contributed by atoms with Gasteiger partial charge in [0.15, 0.2) is 0 Å². The number of para-hydroxylation sites is 3. The van der Waals surface area contributed by atoms with Crippen LogP contribution >= 0.6 is 0 Å². The van der Waals surface area contributed by atoms with Gasteiger partial charge < -0.3 is 9.47 Å². The highest BCUT2D eigenvalue weighted by Gasteiger charge is 2.22. The fourth-order valence-electron chi connectivity index (χ4n) is 8.99. The molecule has 0 bridgehead atoms. The number of aromatic nitrogens is 1. The second-order valence-corrected chi connectivity index (χ2v) is 15.3. The average Bonchev–Trinajstić information content (AvgIpc) is 3.66. The molecule has 10 aromatic carbocycles. The van der Waals surface area contributed by atoms with Crippen molar-refractivity contribution in [1.82, 2.24) is 4.57 Å². The first-order chi connectivity index (χ1) is 29.8. The summed E-state index contributed by atoms with van der Waals surface area (Å²) in [7, 11) is 0. The molecule has 0 aliphatic rings. The van der Waals surface area contributed by atoms with Gasteiger partial charge in [0.2, 0.25) is 0 Å². The van der Waals surface area contributed by atoms with Crippen LogP contribution in [0.2, 0.25) is 0 Å². The molecule has 0 N–H and O–H groups in total. The Hall–Kier alpha value is -7.94. The first-order valence-corrected chi connectivity index (χ1v) is 20.6. The van der Waals surface area contributed by atoms with Gasteiger partial charge in [-0.25, -0.2) is 0 Å². The van der Waals surface area contributed by atoms with Crippen LogP contribution in [0.1, 0.15) is 0 Å². The Morgan fingerprint density at radius 2 is 0.817 bits per heavy atom. The van der Waals surface area contributed by atoms with E-state index in [0.29, 0.717) is 0 Å². The molecule has 1 heterocycles. The van der Waals surface area contributed by atoms with Crippen LogP contribution in [0.4, 0.5) is 17.1 Å². The molecule has 0 radical (unpaired) electrons. The largest absolute Gasteiger partial charge is 0.310 e. The number of nitrogens with zero attached hydrogens (tertiary/aromatic N) is 2. The van der Waals surface area contributed by atoms with E-state index in [1.54, 1.807) is 0 Å². The number of fused-ring (bicyclic) bond motifs is 4. The Morgan fingerprint density at radius 1 is 0.283 bits per heavy atom. The van der Waals surface area contributed by atoms with E-state index in [4.69, 9.17) is 0 Å². The van der Waals surface area contributed by atoms with Gasteiger partial charge in [-0.05, 0) is 98.2 Å². The first-order valence-electron chi connectivity index (χ1n) is 20.6. The lowest BCUT2D eigenvalue weighted by atomic mass is 9.90. The monoisotopic (exact) mass is 764 g/mol.